The van der Waals surface area contributed by atoms with Gasteiger partial charge >= 0.3 is 32.2 Å². The molecule has 0 unspecified atom stereocenters. The predicted molar refractivity (Wildman–Crippen MR) is 172 cm³/mol. The maximum Gasteiger partial charge on any atom is 0.342 e. The highest BCUT2D eigenvalue weighted by molar-refractivity contribution is 7.88. The van der Waals surface area contributed by atoms with Crippen LogP contribution in [0.5, 0.6) is 0 Å². The van der Waals surface area contributed by atoms with Gasteiger partial charge in [0.15, 0.2) is 0 Å². The second kappa shape index (κ2) is 11.2. The summed E-state index contributed by atoms with van der Waals surface area (Å²) in [6.07, 6.45) is 0. The number of carbonyl (C=O) groups excluding carboxylic acids is 2. The minimum Gasteiger partial charge on any atom is -0.340 e. The van der Waals surface area contributed by atoms with Gasteiger partial charge in [-0.25, -0.2) is 9.59 Å². The summed E-state index contributed by atoms with van der Waals surface area (Å²) in [6, 6.07) is 33.7. The lowest BCUT2D eigenvalue weighted by Gasteiger charge is -2.11. The van der Waals surface area contributed by atoms with Crippen LogP contribution in [0.1, 0.15) is 0 Å². The highest BCUT2D eigenvalue weighted by Gasteiger charge is 2.27. The summed E-state index contributed by atoms with van der Waals surface area (Å²) in [7, 11) is -9.48. The van der Waals surface area contributed by atoms with Gasteiger partial charge in [0.25, 0.3) is 0 Å². The Morgan fingerprint density at radius 3 is 1.09 bits per heavy atom. The number of carbonyl (C=O) groups is 2. The van der Waals surface area contributed by atoms with Crippen molar-refractivity contribution in [3.05, 3.63) is 121 Å². The van der Waals surface area contributed by atoms with Crippen LogP contribution in [0.4, 0.5) is 0 Å². The molecule has 5 aromatic carbocycles. The SMILES string of the molecule is O=C(Cn1c2ccccc2c2ccccc21)OS(=O)(=O)c1cccc(S(=O)(=O)OC(=O)Cn2c3ccccc3c3ccccc32)c1. The van der Waals surface area contributed by atoms with Crippen LogP contribution in [0, 0.1) is 0 Å². The molecule has 12 heteroatoms. The van der Waals surface area contributed by atoms with Crippen LogP contribution in [0.25, 0.3) is 43.6 Å². The van der Waals surface area contributed by atoms with Gasteiger partial charge in [-0.3, -0.25) is 0 Å². The Hall–Kier alpha value is -5.46. The predicted octanol–water partition coefficient (Wildman–Crippen LogP) is 5.77. The molecule has 10 nitrogen and oxygen atoms in total. The summed E-state index contributed by atoms with van der Waals surface area (Å²) in [5.41, 5.74) is 2.87. The molecule has 2 aromatic heterocycles. The van der Waals surface area contributed by atoms with Gasteiger partial charge in [0.05, 0.1) is 0 Å². The van der Waals surface area contributed by atoms with Crippen molar-refractivity contribution in [1.29, 1.82) is 0 Å². The van der Waals surface area contributed by atoms with Crippen molar-refractivity contribution in [3.63, 3.8) is 0 Å². The van der Waals surface area contributed by atoms with Crippen LogP contribution in [-0.4, -0.2) is 37.9 Å². The average Bonchev–Trinajstić information content (AvgIpc) is 3.53. The van der Waals surface area contributed by atoms with E-state index in [1.54, 1.807) is 9.13 Å². The standard InChI is InChI=1S/C34H24N2O8S2/c37-33(21-35-29-16-5-1-12-25(29)26-13-2-6-17-30(26)35)43-45(39,40)23-10-9-11-24(20-23)46(41,42)44-34(38)22-36-31-18-7-3-14-27(31)28-15-4-8-19-32(28)36/h1-20H,21-22H2. The van der Waals surface area contributed by atoms with Crippen LogP contribution in [0.3, 0.4) is 0 Å². The number of rotatable bonds is 8. The fourth-order valence-electron chi connectivity index (χ4n) is 5.78. The fraction of sp³-hybridized carbons (Fsp3) is 0.0588. The zero-order valence-electron chi connectivity index (χ0n) is 23.9. The van der Waals surface area contributed by atoms with Crippen LogP contribution in [0.2, 0.25) is 0 Å². The summed E-state index contributed by atoms with van der Waals surface area (Å²) in [6.45, 7) is -0.822. The quantitative estimate of drug-likeness (QED) is 0.189. The first-order valence-electron chi connectivity index (χ1n) is 14.1. The van der Waals surface area contributed by atoms with Crippen molar-refractivity contribution >= 4 is 75.8 Å². The van der Waals surface area contributed by atoms with E-state index in [0.717, 1.165) is 45.8 Å². The molecule has 2 heterocycles. The molecule has 0 N–H and O–H groups in total. The zero-order valence-corrected chi connectivity index (χ0v) is 25.6. The first kappa shape index (κ1) is 29.3. The van der Waals surface area contributed by atoms with Crippen LogP contribution >= 0.6 is 0 Å². The molecule has 0 aliphatic heterocycles. The van der Waals surface area contributed by atoms with E-state index in [2.05, 4.69) is 0 Å². The molecule has 0 aliphatic rings. The van der Waals surface area contributed by atoms with Crippen molar-refractivity contribution in [2.75, 3.05) is 0 Å². The molecule has 7 rings (SSSR count). The van der Waals surface area contributed by atoms with E-state index in [0.29, 0.717) is 22.1 Å². The molecule has 7 aromatic rings. The average molecular weight is 653 g/mol. The van der Waals surface area contributed by atoms with E-state index in [-0.39, 0.29) is 0 Å². The fourth-order valence-corrected chi connectivity index (χ4v) is 7.68. The van der Waals surface area contributed by atoms with E-state index in [1.807, 2.05) is 97.1 Å². The third-order valence-electron chi connectivity index (χ3n) is 7.72. The summed E-state index contributed by atoms with van der Waals surface area (Å²) >= 11 is 0. The summed E-state index contributed by atoms with van der Waals surface area (Å²) in [4.78, 5) is 24.7. The maximum atomic E-state index is 13.1. The number of aromatic nitrogens is 2. The summed E-state index contributed by atoms with van der Waals surface area (Å²) in [5.74, 6) is -2.14. The smallest absolute Gasteiger partial charge is 0.340 e. The monoisotopic (exact) mass is 652 g/mol. The lowest BCUT2D eigenvalue weighted by molar-refractivity contribution is -0.135. The molecule has 46 heavy (non-hydrogen) atoms. The Morgan fingerprint density at radius 1 is 0.457 bits per heavy atom. The topological polar surface area (TPSA) is 131 Å². The molecule has 0 amide bonds. The van der Waals surface area contributed by atoms with Gasteiger partial charge in [-0.15, -0.1) is 0 Å². The lowest BCUT2D eigenvalue weighted by atomic mass is 10.2. The van der Waals surface area contributed by atoms with Crippen molar-refractivity contribution in [2.45, 2.75) is 22.9 Å². The van der Waals surface area contributed by atoms with E-state index in [9.17, 15) is 26.4 Å². The van der Waals surface area contributed by atoms with Crippen molar-refractivity contribution in [3.8, 4) is 0 Å². The highest BCUT2D eigenvalue weighted by Crippen LogP contribution is 2.30. The maximum absolute atomic E-state index is 13.1. The van der Waals surface area contributed by atoms with Crippen molar-refractivity contribution in [2.24, 2.45) is 0 Å². The number of hydrogen-bond acceptors (Lipinski definition) is 8. The molecule has 0 atom stereocenters. The number of nitrogens with zero attached hydrogens (tertiary/aromatic N) is 2. The largest absolute Gasteiger partial charge is 0.342 e. The van der Waals surface area contributed by atoms with Gasteiger partial charge in [-0.2, -0.15) is 16.8 Å². The minimum atomic E-state index is -4.74. The molecule has 0 bridgehead atoms. The number of fused-ring (bicyclic) bond motifs is 6. The summed E-state index contributed by atoms with van der Waals surface area (Å²) in [5, 5.41) is 3.55. The highest BCUT2D eigenvalue weighted by atomic mass is 32.2. The minimum absolute atomic E-state index is 0.411. The normalized spacial score (nSPS) is 12.2. The van der Waals surface area contributed by atoms with Crippen molar-refractivity contribution in [1.82, 2.24) is 9.13 Å². The first-order valence-corrected chi connectivity index (χ1v) is 16.9. The van der Waals surface area contributed by atoms with Crippen LogP contribution in [0.15, 0.2) is 131 Å². The Bertz CT molecular complexity index is 2290. The Labute approximate surface area is 263 Å². The van der Waals surface area contributed by atoms with Gasteiger partial charge in [0, 0.05) is 43.6 Å². The van der Waals surface area contributed by atoms with E-state index in [4.69, 9.17) is 8.37 Å². The molecule has 0 fully saturated rings. The van der Waals surface area contributed by atoms with Crippen LogP contribution in [-0.2, 0) is 51.3 Å². The van der Waals surface area contributed by atoms with E-state index in [1.165, 1.54) is 0 Å². The second-order valence-corrected chi connectivity index (χ2v) is 13.6. The van der Waals surface area contributed by atoms with Gasteiger partial charge in [0.2, 0.25) is 0 Å². The van der Waals surface area contributed by atoms with E-state index < -0.39 is 55.1 Å². The molecule has 0 radical (unpaired) electrons. The molecule has 0 aliphatic carbocycles. The Balaban J connectivity index is 1.11. The lowest BCUT2D eigenvalue weighted by Crippen LogP contribution is -2.20. The van der Waals surface area contributed by atoms with E-state index >= 15 is 0 Å². The third-order valence-corrected chi connectivity index (χ3v) is 10.2. The molecule has 230 valence electrons. The van der Waals surface area contributed by atoms with Gasteiger partial charge < -0.3 is 17.5 Å². The molecular formula is C34H24N2O8S2. The Morgan fingerprint density at radius 2 is 0.761 bits per heavy atom. The van der Waals surface area contributed by atoms with Gasteiger partial charge in [-0.1, -0.05) is 78.9 Å². The first-order chi connectivity index (χ1) is 22.1. The number of hydrogen-bond donors (Lipinski definition) is 0. The summed E-state index contributed by atoms with van der Waals surface area (Å²) < 4.78 is 65.5. The van der Waals surface area contributed by atoms with Gasteiger partial charge in [0.1, 0.15) is 22.9 Å². The zero-order chi connectivity index (χ0) is 32.1. The second-order valence-electron chi connectivity index (χ2n) is 10.5. The van der Waals surface area contributed by atoms with Crippen LogP contribution < -0.4 is 0 Å². The molecule has 0 saturated carbocycles. The Kier molecular flexibility index (Phi) is 7.10. The third kappa shape index (κ3) is 5.17. The number of para-hydroxylation sites is 4. The number of benzene rings is 5. The molecule has 0 spiro atoms. The van der Waals surface area contributed by atoms with Crippen molar-refractivity contribution < 1.29 is 34.8 Å². The van der Waals surface area contributed by atoms with Gasteiger partial charge in [-0.05, 0) is 42.5 Å². The molecular weight excluding hydrogens is 629 g/mol. The molecule has 0 saturated heterocycles.